The van der Waals surface area contributed by atoms with Crippen molar-refractivity contribution >= 4 is 23.4 Å². The summed E-state index contributed by atoms with van der Waals surface area (Å²) in [6.45, 7) is 7.31. The Labute approximate surface area is 106 Å². The van der Waals surface area contributed by atoms with E-state index in [4.69, 9.17) is 16.3 Å². The predicted molar refractivity (Wildman–Crippen MR) is 69.2 cm³/mol. The predicted octanol–water partition coefficient (Wildman–Crippen LogP) is 3.50. The van der Waals surface area contributed by atoms with Gasteiger partial charge in [0.05, 0.1) is 5.69 Å². The van der Waals surface area contributed by atoms with E-state index in [2.05, 4.69) is 10.9 Å². The number of hydrogen-bond acceptors (Lipinski definition) is 3. The fraction of sp³-hybridized carbons (Fsp3) is 0.417. The summed E-state index contributed by atoms with van der Waals surface area (Å²) in [4.78, 5) is 11.4. The highest BCUT2D eigenvalue weighted by Crippen LogP contribution is 2.18. The monoisotopic (exact) mass is 256 g/mol. The largest absolute Gasteiger partial charge is 0.443 e. The molecule has 17 heavy (non-hydrogen) atoms. The first-order valence-electron chi connectivity index (χ1n) is 5.29. The second kappa shape index (κ2) is 5.27. The van der Waals surface area contributed by atoms with Crippen LogP contribution in [0.2, 0.25) is 5.02 Å². The lowest BCUT2D eigenvalue weighted by Crippen LogP contribution is -2.35. The van der Waals surface area contributed by atoms with Crippen LogP contribution >= 0.6 is 11.6 Å². The van der Waals surface area contributed by atoms with E-state index in [0.29, 0.717) is 5.02 Å². The zero-order valence-electron chi connectivity index (χ0n) is 10.4. The normalized spacial score (nSPS) is 10.9. The van der Waals surface area contributed by atoms with Crippen molar-refractivity contribution in [3.05, 3.63) is 28.8 Å². The first-order valence-corrected chi connectivity index (χ1v) is 5.67. The van der Waals surface area contributed by atoms with Crippen LogP contribution in [0.15, 0.2) is 18.2 Å². The summed E-state index contributed by atoms with van der Waals surface area (Å²) in [6, 6.07) is 5.34. The van der Waals surface area contributed by atoms with Gasteiger partial charge in [0.2, 0.25) is 0 Å². The average Bonchev–Trinajstić information content (AvgIpc) is 2.13. The van der Waals surface area contributed by atoms with Crippen LogP contribution < -0.4 is 10.9 Å². The summed E-state index contributed by atoms with van der Waals surface area (Å²) >= 11 is 5.83. The first kappa shape index (κ1) is 13.6. The summed E-state index contributed by atoms with van der Waals surface area (Å²) in [5.41, 5.74) is 6.44. The van der Waals surface area contributed by atoms with E-state index in [1.54, 1.807) is 39.0 Å². The molecule has 1 aromatic carbocycles. The number of aryl methyl sites for hydroxylation is 1. The zero-order chi connectivity index (χ0) is 13.1. The Morgan fingerprint density at radius 1 is 1.35 bits per heavy atom. The molecular weight excluding hydrogens is 240 g/mol. The van der Waals surface area contributed by atoms with Crippen LogP contribution in [-0.4, -0.2) is 11.7 Å². The van der Waals surface area contributed by atoms with E-state index >= 15 is 0 Å². The summed E-state index contributed by atoms with van der Waals surface area (Å²) in [6.07, 6.45) is -0.521. The zero-order valence-corrected chi connectivity index (χ0v) is 11.2. The lowest BCUT2D eigenvalue weighted by molar-refractivity contribution is 0.0541. The Morgan fingerprint density at radius 3 is 2.53 bits per heavy atom. The van der Waals surface area contributed by atoms with Gasteiger partial charge in [-0.25, -0.2) is 10.2 Å². The molecule has 0 aliphatic heterocycles. The minimum atomic E-state index is -0.521. The van der Waals surface area contributed by atoms with E-state index in [-0.39, 0.29) is 0 Å². The van der Waals surface area contributed by atoms with E-state index in [9.17, 15) is 4.79 Å². The highest BCUT2D eigenvalue weighted by Gasteiger charge is 2.15. The van der Waals surface area contributed by atoms with Gasteiger partial charge in [0, 0.05) is 5.02 Å². The molecular formula is C12H17ClN2O2. The summed E-state index contributed by atoms with van der Waals surface area (Å²) < 4.78 is 5.08. The molecule has 0 saturated carbocycles. The van der Waals surface area contributed by atoms with Crippen molar-refractivity contribution in [2.75, 3.05) is 5.43 Å². The number of benzene rings is 1. The molecule has 0 unspecified atom stereocenters. The van der Waals surface area contributed by atoms with Crippen molar-refractivity contribution in [1.29, 1.82) is 0 Å². The van der Waals surface area contributed by atoms with Gasteiger partial charge in [0.15, 0.2) is 0 Å². The molecule has 1 aromatic rings. The van der Waals surface area contributed by atoms with Crippen LogP contribution in [0.1, 0.15) is 26.3 Å². The van der Waals surface area contributed by atoms with Gasteiger partial charge in [-0.2, -0.15) is 0 Å². The molecule has 0 fully saturated rings. The van der Waals surface area contributed by atoms with Crippen LogP contribution in [-0.2, 0) is 4.74 Å². The SMILES string of the molecule is Cc1cc(Cl)ccc1NNC(=O)OC(C)(C)C. The minimum absolute atomic E-state index is 0.513. The van der Waals surface area contributed by atoms with Gasteiger partial charge >= 0.3 is 6.09 Å². The average molecular weight is 257 g/mol. The van der Waals surface area contributed by atoms with Crippen LogP contribution in [0.25, 0.3) is 0 Å². The molecule has 94 valence electrons. The maximum atomic E-state index is 11.4. The Kier molecular flexibility index (Phi) is 4.23. The van der Waals surface area contributed by atoms with E-state index in [1.165, 1.54) is 0 Å². The number of nitrogens with one attached hydrogen (secondary N) is 2. The van der Waals surface area contributed by atoms with Crippen LogP contribution in [0, 0.1) is 6.92 Å². The van der Waals surface area contributed by atoms with Crippen molar-refractivity contribution < 1.29 is 9.53 Å². The smallest absolute Gasteiger partial charge is 0.426 e. The molecule has 1 rings (SSSR count). The number of halogens is 1. The molecule has 0 bridgehead atoms. The van der Waals surface area contributed by atoms with E-state index in [1.807, 2.05) is 6.92 Å². The van der Waals surface area contributed by atoms with Gasteiger partial charge in [0.1, 0.15) is 5.60 Å². The van der Waals surface area contributed by atoms with E-state index < -0.39 is 11.7 Å². The van der Waals surface area contributed by atoms with Crippen molar-refractivity contribution in [1.82, 2.24) is 5.43 Å². The molecule has 0 spiro atoms. The number of hydrazine groups is 1. The molecule has 0 heterocycles. The van der Waals surface area contributed by atoms with Gasteiger partial charge in [-0.05, 0) is 51.5 Å². The third-order valence-corrected chi connectivity index (χ3v) is 2.12. The number of hydrogen-bond donors (Lipinski definition) is 2. The number of amides is 1. The summed E-state index contributed by atoms with van der Waals surface area (Å²) in [5.74, 6) is 0. The quantitative estimate of drug-likeness (QED) is 0.797. The second-order valence-corrected chi connectivity index (χ2v) is 5.15. The third-order valence-electron chi connectivity index (χ3n) is 1.89. The minimum Gasteiger partial charge on any atom is -0.443 e. The van der Waals surface area contributed by atoms with Crippen LogP contribution in [0.4, 0.5) is 10.5 Å². The third kappa shape index (κ3) is 4.95. The second-order valence-electron chi connectivity index (χ2n) is 4.71. The molecule has 0 saturated heterocycles. The first-order chi connectivity index (χ1) is 7.78. The molecule has 5 heteroatoms. The molecule has 2 N–H and O–H groups in total. The van der Waals surface area contributed by atoms with Gasteiger partial charge in [0.25, 0.3) is 0 Å². The van der Waals surface area contributed by atoms with Gasteiger partial charge in [-0.1, -0.05) is 11.6 Å². The lowest BCUT2D eigenvalue weighted by Gasteiger charge is -2.20. The molecule has 0 atom stereocenters. The number of carbonyl (C=O) groups excluding carboxylic acids is 1. The number of anilines is 1. The highest BCUT2D eigenvalue weighted by atomic mass is 35.5. The van der Waals surface area contributed by atoms with Crippen molar-refractivity contribution in [3.8, 4) is 0 Å². The Morgan fingerprint density at radius 2 is 2.00 bits per heavy atom. The molecule has 0 aromatic heterocycles. The van der Waals surface area contributed by atoms with Gasteiger partial charge in [-0.15, -0.1) is 0 Å². The van der Waals surface area contributed by atoms with Crippen molar-refractivity contribution in [3.63, 3.8) is 0 Å². The van der Waals surface area contributed by atoms with Crippen molar-refractivity contribution in [2.45, 2.75) is 33.3 Å². The van der Waals surface area contributed by atoms with E-state index in [0.717, 1.165) is 11.3 Å². The summed E-state index contributed by atoms with van der Waals surface area (Å²) in [5, 5.41) is 0.658. The summed E-state index contributed by atoms with van der Waals surface area (Å²) in [7, 11) is 0. The van der Waals surface area contributed by atoms with Crippen LogP contribution in [0.5, 0.6) is 0 Å². The number of rotatable bonds is 2. The number of ether oxygens (including phenoxy) is 1. The van der Waals surface area contributed by atoms with Gasteiger partial charge in [-0.3, -0.25) is 5.43 Å². The maximum absolute atomic E-state index is 11.4. The Hall–Kier alpha value is -1.42. The Bertz CT molecular complexity index is 413. The lowest BCUT2D eigenvalue weighted by atomic mass is 10.2. The topological polar surface area (TPSA) is 50.4 Å². The molecule has 0 radical (unpaired) electrons. The molecule has 4 nitrogen and oxygen atoms in total. The van der Waals surface area contributed by atoms with Crippen molar-refractivity contribution in [2.24, 2.45) is 0 Å². The van der Waals surface area contributed by atoms with Gasteiger partial charge < -0.3 is 4.74 Å². The molecule has 0 aliphatic rings. The fourth-order valence-electron chi connectivity index (χ4n) is 1.19. The van der Waals surface area contributed by atoms with Crippen LogP contribution in [0.3, 0.4) is 0 Å². The number of carbonyl (C=O) groups is 1. The maximum Gasteiger partial charge on any atom is 0.426 e. The molecule has 0 aliphatic carbocycles. The fourth-order valence-corrected chi connectivity index (χ4v) is 1.42. The standard InChI is InChI=1S/C12H17ClN2O2/c1-8-7-9(13)5-6-10(8)14-15-11(16)17-12(2,3)4/h5-7,14H,1-4H3,(H,15,16). The Balaban J connectivity index is 2.53. The highest BCUT2D eigenvalue weighted by molar-refractivity contribution is 6.30. The molecule has 1 amide bonds.